The quantitative estimate of drug-likeness (QED) is 0.829. The molecule has 1 spiro atoms. The summed E-state index contributed by atoms with van der Waals surface area (Å²) in [5.41, 5.74) is 0.497. The molecule has 2 saturated heterocycles. The predicted molar refractivity (Wildman–Crippen MR) is 109 cm³/mol. The van der Waals surface area contributed by atoms with Crippen molar-refractivity contribution in [3.8, 4) is 5.75 Å². The van der Waals surface area contributed by atoms with Crippen LogP contribution in [0.25, 0.3) is 0 Å². The molecule has 1 aromatic carbocycles. The van der Waals surface area contributed by atoms with Gasteiger partial charge >= 0.3 is 12.1 Å². The van der Waals surface area contributed by atoms with Crippen LogP contribution < -0.4 is 4.74 Å². The van der Waals surface area contributed by atoms with E-state index < -0.39 is 17.6 Å². The largest absolute Gasteiger partial charge is 0.497 e. The highest BCUT2D eigenvalue weighted by molar-refractivity contribution is 5.74. The second-order valence-electron chi connectivity index (χ2n) is 9.28. The summed E-state index contributed by atoms with van der Waals surface area (Å²) >= 11 is 0. The Morgan fingerprint density at radius 1 is 1.17 bits per heavy atom. The molecule has 160 valence electrons. The fourth-order valence-corrected chi connectivity index (χ4v) is 4.37. The summed E-state index contributed by atoms with van der Waals surface area (Å²) in [5, 5.41) is 9.78. The smallest absolute Gasteiger partial charge is 0.410 e. The van der Waals surface area contributed by atoms with Gasteiger partial charge in [-0.2, -0.15) is 0 Å². The minimum Gasteiger partial charge on any atom is -0.497 e. The van der Waals surface area contributed by atoms with E-state index in [0.717, 1.165) is 30.7 Å². The minimum atomic E-state index is -0.773. The van der Waals surface area contributed by atoms with E-state index in [0.29, 0.717) is 26.1 Å². The zero-order valence-corrected chi connectivity index (χ0v) is 17.8. The molecule has 1 atom stereocenters. The van der Waals surface area contributed by atoms with Crippen molar-refractivity contribution in [3.63, 3.8) is 0 Å². The topological polar surface area (TPSA) is 79.3 Å². The number of likely N-dealkylation sites (tertiary alicyclic amines) is 2. The average molecular weight is 405 g/mol. The Hall–Kier alpha value is -2.28. The number of hydrogen-bond donors (Lipinski definition) is 1. The lowest BCUT2D eigenvalue weighted by atomic mass is 9.76. The maximum Gasteiger partial charge on any atom is 0.410 e. The molecule has 2 heterocycles. The number of aliphatic carboxylic acids is 1. The highest BCUT2D eigenvalue weighted by atomic mass is 16.6. The van der Waals surface area contributed by atoms with Crippen molar-refractivity contribution in [2.24, 2.45) is 5.41 Å². The number of carbonyl (C=O) groups is 2. The van der Waals surface area contributed by atoms with Crippen LogP contribution in [0.2, 0.25) is 0 Å². The van der Waals surface area contributed by atoms with E-state index in [1.807, 2.05) is 45.0 Å². The van der Waals surface area contributed by atoms with Gasteiger partial charge in [0.2, 0.25) is 0 Å². The van der Waals surface area contributed by atoms with Crippen molar-refractivity contribution < 1.29 is 24.2 Å². The van der Waals surface area contributed by atoms with Crippen LogP contribution in [0.3, 0.4) is 0 Å². The second-order valence-corrected chi connectivity index (χ2v) is 9.28. The van der Waals surface area contributed by atoms with Crippen LogP contribution in [0, 0.1) is 5.41 Å². The van der Waals surface area contributed by atoms with E-state index in [9.17, 15) is 14.7 Å². The molecule has 3 rings (SSSR count). The maximum atomic E-state index is 12.3. The zero-order chi connectivity index (χ0) is 21.2. The van der Waals surface area contributed by atoms with Crippen molar-refractivity contribution in [1.82, 2.24) is 9.80 Å². The fourth-order valence-electron chi connectivity index (χ4n) is 4.37. The first-order chi connectivity index (χ1) is 13.6. The number of ether oxygens (including phenoxy) is 2. The number of rotatable bonds is 4. The summed E-state index contributed by atoms with van der Waals surface area (Å²) in [5.74, 6) is 0.0147. The Labute approximate surface area is 172 Å². The van der Waals surface area contributed by atoms with Gasteiger partial charge < -0.3 is 19.5 Å². The van der Waals surface area contributed by atoms with Gasteiger partial charge in [0.1, 0.15) is 17.4 Å². The summed E-state index contributed by atoms with van der Waals surface area (Å²) in [6.07, 6.45) is 1.94. The van der Waals surface area contributed by atoms with E-state index in [1.54, 1.807) is 12.0 Å². The SMILES string of the molecule is COc1ccc(CN2CC3(CCN(C(=O)OC(C)(C)C)CC3)CC2C(=O)O)cc1. The molecule has 1 aromatic rings. The standard InChI is InChI=1S/C22H32N2O5/c1-21(2,3)29-20(27)23-11-9-22(10-12-23)13-18(19(25)26)24(15-22)14-16-5-7-17(28-4)8-6-16/h5-8,18H,9-15H2,1-4H3,(H,25,26). The first kappa shape index (κ1) is 21.4. The number of carboxylic acids is 1. The van der Waals surface area contributed by atoms with Crippen molar-refractivity contribution in [1.29, 1.82) is 0 Å². The normalized spacial score (nSPS) is 21.9. The van der Waals surface area contributed by atoms with Crippen LogP contribution in [0.1, 0.15) is 45.6 Å². The van der Waals surface area contributed by atoms with Crippen molar-refractivity contribution >= 4 is 12.1 Å². The van der Waals surface area contributed by atoms with Gasteiger partial charge in [0.25, 0.3) is 0 Å². The number of carbonyl (C=O) groups excluding carboxylic acids is 1. The molecule has 7 nitrogen and oxygen atoms in total. The molecular formula is C22H32N2O5. The van der Waals surface area contributed by atoms with E-state index in [-0.39, 0.29) is 11.5 Å². The summed E-state index contributed by atoms with van der Waals surface area (Å²) in [4.78, 5) is 28.1. The van der Waals surface area contributed by atoms with Crippen LogP contribution in [-0.4, -0.2) is 65.4 Å². The maximum absolute atomic E-state index is 12.3. The van der Waals surface area contributed by atoms with E-state index >= 15 is 0 Å². The summed E-state index contributed by atoms with van der Waals surface area (Å²) < 4.78 is 10.7. The van der Waals surface area contributed by atoms with Gasteiger partial charge in [-0.05, 0) is 63.1 Å². The van der Waals surface area contributed by atoms with Crippen molar-refractivity contribution in [3.05, 3.63) is 29.8 Å². The van der Waals surface area contributed by atoms with Gasteiger partial charge in [0, 0.05) is 26.2 Å². The first-order valence-corrected chi connectivity index (χ1v) is 10.2. The molecule has 2 aliphatic heterocycles. The lowest BCUT2D eigenvalue weighted by molar-refractivity contribution is -0.142. The Morgan fingerprint density at radius 2 is 1.79 bits per heavy atom. The van der Waals surface area contributed by atoms with Crippen LogP contribution in [-0.2, 0) is 16.1 Å². The third kappa shape index (κ3) is 5.21. The van der Waals surface area contributed by atoms with Gasteiger partial charge in [-0.1, -0.05) is 12.1 Å². The number of piperidine rings is 1. The summed E-state index contributed by atoms with van der Waals surface area (Å²) in [7, 11) is 1.63. The number of carboxylic acid groups (broad SMARTS) is 1. The van der Waals surface area contributed by atoms with Gasteiger partial charge in [0.05, 0.1) is 7.11 Å². The number of methoxy groups -OCH3 is 1. The molecule has 1 unspecified atom stereocenters. The minimum absolute atomic E-state index is 0.0615. The number of nitrogens with zero attached hydrogens (tertiary/aromatic N) is 2. The zero-order valence-electron chi connectivity index (χ0n) is 17.8. The highest BCUT2D eigenvalue weighted by Gasteiger charge is 2.48. The number of hydrogen-bond acceptors (Lipinski definition) is 5. The Bertz CT molecular complexity index is 733. The monoisotopic (exact) mass is 404 g/mol. The molecule has 0 radical (unpaired) electrons. The summed E-state index contributed by atoms with van der Waals surface area (Å²) in [6.45, 7) is 8.14. The Morgan fingerprint density at radius 3 is 2.31 bits per heavy atom. The molecule has 2 fully saturated rings. The molecular weight excluding hydrogens is 372 g/mol. The van der Waals surface area contributed by atoms with E-state index in [4.69, 9.17) is 9.47 Å². The lowest BCUT2D eigenvalue weighted by Gasteiger charge is -2.39. The molecule has 0 aliphatic carbocycles. The van der Waals surface area contributed by atoms with E-state index in [2.05, 4.69) is 4.90 Å². The molecule has 2 aliphatic rings. The summed E-state index contributed by atoms with van der Waals surface area (Å²) in [6, 6.07) is 7.26. The van der Waals surface area contributed by atoms with Crippen molar-refractivity contribution in [2.75, 3.05) is 26.7 Å². The average Bonchev–Trinajstić information content (AvgIpc) is 2.99. The number of amides is 1. The fraction of sp³-hybridized carbons (Fsp3) is 0.636. The van der Waals surface area contributed by atoms with Gasteiger partial charge in [-0.15, -0.1) is 0 Å². The first-order valence-electron chi connectivity index (χ1n) is 10.2. The number of benzene rings is 1. The molecule has 1 amide bonds. The second kappa shape index (κ2) is 8.22. The van der Waals surface area contributed by atoms with Crippen LogP contribution >= 0.6 is 0 Å². The molecule has 0 aromatic heterocycles. The van der Waals surface area contributed by atoms with Crippen LogP contribution in [0.4, 0.5) is 4.79 Å². The molecule has 7 heteroatoms. The molecule has 1 N–H and O–H groups in total. The van der Waals surface area contributed by atoms with Gasteiger partial charge in [-0.25, -0.2) is 4.79 Å². The third-order valence-corrected chi connectivity index (χ3v) is 5.91. The Kier molecular flexibility index (Phi) is 6.08. The van der Waals surface area contributed by atoms with Crippen LogP contribution in [0.15, 0.2) is 24.3 Å². The third-order valence-electron chi connectivity index (χ3n) is 5.91. The molecule has 0 bridgehead atoms. The molecule has 0 saturated carbocycles. The van der Waals surface area contributed by atoms with Crippen molar-refractivity contribution in [2.45, 2.75) is 58.2 Å². The Balaban J connectivity index is 1.64. The lowest BCUT2D eigenvalue weighted by Crippen LogP contribution is -2.46. The highest BCUT2D eigenvalue weighted by Crippen LogP contribution is 2.44. The predicted octanol–water partition coefficient (Wildman–Crippen LogP) is 3.37. The van der Waals surface area contributed by atoms with E-state index in [1.165, 1.54) is 0 Å². The van der Waals surface area contributed by atoms with Gasteiger partial charge in [-0.3, -0.25) is 9.69 Å². The van der Waals surface area contributed by atoms with Crippen LogP contribution in [0.5, 0.6) is 5.75 Å². The molecule has 29 heavy (non-hydrogen) atoms. The van der Waals surface area contributed by atoms with Gasteiger partial charge in [0.15, 0.2) is 0 Å².